The van der Waals surface area contributed by atoms with Crippen molar-refractivity contribution in [2.24, 2.45) is 17.8 Å². The van der Waals surface area contributed by atoms with Crippen molar-refractivity contribution < 1.29 is 0 Å². The van der Waals surface area contributed by atoms with E-state index in [2.05, 4.69) is 4.98 Å². The number of aromatic nitrogens is 2. The van der Waals surface area contributed by atoms with E-state index in [1.54, 1.807) is 0 Å². The van der Waals surface area contributed by atoms with Crippen LogP contribution in [-0.2, 0) is 5.54 Å². The van der Waals surface area contributed by atoms with Crippen LogP contribution in [0.2, 0.25) is 0 Å². The summed E-state index contributed by atoms with van der Waals surface area (Å²) in [5.74, 6) is 2.53. The van der Waals surface area contributed by atoms with Crippen molar-refractivity contribution in [1.29, 1.82) is 0 Å². The number of hydrogen-bond acceptors (Lipinski definition) is 2. The van der Waals surface area contributed by atoms with Gasteiger partial charge in [0.05, 0.1) is 17.2 Å². The molecule has 4 bridgehead atoms. The van der Waals surface area contributed by atoms with Crippen molar-refractivity contribution in [1.82, 2.24) is 9.55 Å². The minimum absolute atomic E-state index is 0.0723. The average molecular weight is 280 g/mol. The van der Waals surface area contributed by atoms with Gasteiger partial charge in [-0.3, -0.25) is 9.36 Å². The van der Waals surface area contributed by atoms with Crippen LogP contribution in [-0.4, -0.2) is 9.55 Å². The van der Waals surface area contributed by atoms with Gasteiger partial charge in [-0.25, -0.2) is 4.98 Å². The van der Waals surface area contributed by atoms with Gasteiger partial charge in [-0.15, -0.1) is 0 Å². The monoisotopic (exact) mass is 280 g/mol. The molecule has 1 aromatic carbocycles. The molecule has 4 fully saturated rings. The maximum Gasteiger partial charge on any atom is 0.261 e. The fourth-order valence-corrected chi connectivity index (χ4v) is 5.77. The summed E-state index contributed by atoms with van der Waals surface area (Å²) in [6.07, 6.45) is 9.60. The van der Waals surface area contributed by atoms with Crippen LogP contribution in [0.25, 0.3) is 10.9 Å². The Hall–Kier alpha value is -1.64. The molecular formula is C18H20N2O. The zero-order chi connectivity index (χ0) is 14.0. The van der Waals surface area contributed by atoms with Crippen molar-refractivity contribution in [2.45, 2.75) is 44.1 Å². The van der Waals surface area contributed by atoms with E-state index in [0.29, 0.717) is 0 Å². The first-order valence-corrected chi connectivity index (χ1v) is 8.20. The van der Waals surface area contributed by atoms with Crippen molar-refractivity contribution in [2.75, 3.05) is 0 Å². The molecule has 1 aromatic heterocycles. The molecule has 0 N–H and O–H groups in total. The van der Waals surface area contributed by atoms with Crippen LogP contribution in [0, 0.1) is 17.8 Å². The SMILES string of the molecule is O=c1c2ccccc2ncn1C12CC3CC(CC(C3)C1)C2. The largest absolute Gasteiger partial charge is 0.292 e. The summed E-state index contributed by atoms with van der Waals surface area (Å²) in [7, 11) is 0. The van der Waals surface area contributed by atoms with Gasteiger partial charge in [-0.05, 0) is 68.4 Å². The van der Waals surface area contributed by atoms with Crippen LogP contribution in [0.3, 0.4) is 0 Å². The molecule has 2 aromatic rings. The van der Waals surface area contributed by atoms with Gasteiger partial charge in [-0.1, -0.05) is 12.1 Å². The lowest BCUT2D eigenvalue weighted by Crippen LogP contribution is -2.54. The molecule has 1 heterocycles. The summed E-state index contributed by atoms with van der Waals surface area (Å²) < 4.78 is 2.01. The summed E-state index contributed by atoms with van der Waals surface area (Å²) in [5.41, 5.74) is 1.06. The second-order valence-electron chi connectivity index (χ2n) is 7.58. The molecule has 0 unspecified atom stereocenters. The van der Waals surface area contributed by atoms with Crippen LogP contribution in [0.5, 0.6) is 0 Å². The Labute approximate surface area is 124 Å². The van der Waals surface area contributed by atoms with Crippen LogP contribution < -0.4 is 5.56 Å². The van der Waals surface area contributed by atoms with Crippen LogP contribution in [0.4, 0.5) is 0 Å². The Balaban J connectivity index is 1.71. The number of benzene rings is 1. The number of hydrogen-bond donors (Lipinski definition) is 0. The van der Waals surface area contributed by atoms with Gasteiger partial charge in [0.1, 0.15) is 0 Å². The third kappa shape index (κ3) is 1.60. The molecule has 3 heteroatoms. The van der Waals surface area contributed by atoms with E-state index >= 15 is 0 Å². The highest BCUT2D eigenvalue weighted by molar-refractivity contribution is 5.76. The van der Waals surface area contributed by atoms with E-state index in [-0.39, 0.29) is 11.1 Å². The maximum atomic E-state index is 13.0. The molecule has 6 rings (SSSR count). The fourth-order valence-electron chi connectivity index (χ4n) is 5.77. The van der Waals surface area contributed by atoms with E-state index in [1.165, 1.54) is 38.5 Å². The fraction of sp³-hybridized carbons (Fsp3) is 0.556. The van der Waals surface area contributed by atoms with E-state index in [4.69, 9.17) is 0 Å². The Morgan fingerprint density at radius 3 is 2.29 bits per heavy atom. The van der Waals surface area contributed by atoms with Gasteiger partial charge >= 0.3 is 0 Å². The second-order valence-corrected chi connectivity index (χ2v) is 7.58. The molecule has 4 saturated carbocycles. The van der Waals surface area contributed by atoms with E-state index in [0.717, 1.165) is 28.7 Å². The normalized spacial score (nSPS) is 37.2. The van der Waals surface area contributed by atoms with Crippen LogP contribution in [0.1, 0.15) is 38.5 Å². The number of nitrogens with zero attached hydrogens (tertiary/aromatic N) is 2. The van der Waals surface area contributed by atoms with Crippen molar-refractivity contribution in [3.63, 3.8) is 0 Å². The van der Waals surface area contributed by atoms with Gasteiger partial charge in [0, 0.05) is 5.54 Å². The topological polar surface area (TPSA) is 34.9 Å². The smallest absolute Gasteiger partial charge is 0.261 e. The summed E-state index contributed by atoms with van der Waals surface area (Å²) in [5, 5.41) is 0.774. The third-order valence-corrected chi connectivity index (χ3v) is 6.18. The maximum absolute atomic E-state index is 13.0. The Bertz CT molecular complexity index is 741. The first-order chi connectivity index (χ1) is 10.2. The molecule has 0 radical (unpaired) electrons. The molecule has 108 valence electrons. The Morgan fingerprint density at radius 1 is 1.00 bits per heavy atom. The minimum Gasteiger partial charge on any atom is -0.292 e. The summed E-state index contributed by atoms with van der Waals surface area (Å²) in [6, 6.07) is 7.74. The number of fused-ring (bicyclic) bond motifs is 1. The van der Waals surface area contributed by atoms with E-state index in [1.807, 2.05) is 35.2 Å². The highest BCUT2D eigenvalue weighted by Crippen LogP contribution is 2.58. The molecule has 4 aliphatic carbocycles. The highest BCUT2D eigenvalue weighted by Gasteiger charge is 2.52. The molecule has 3 nitrogen and oxygen atoms in total. The van der Waals surface area contributed by atoms with Crippen molar-refractivity contribution >= 4 is 10.9 Å². The van der Waals surface area contributed by atoms with Gasteiger partial charge < -0.3 is 0 Å². The number of para-hydroxylation sites is 1. The lowest BCUT2D eigenvalue weighted by molar-refractivity contribution is -0.0450. The standard InChI is InChI=1S/C18H20N2O/c21-17-15-3-1-2-4-16(15)19-11-20(17)18-8-12-5-13(9-18)7-14(6-12)10-18/h1-4,11-14H,5-10H2. The van der Waals surface area contributed by atoms with Crippen LogP contribution in [0.15, 0.2) is 35.4 Å². The molecule has 21 heavy (non-hydrogen) atoms. The first kappa shape index (κ1) is 12.0. The first-order valence-electron chi connectivity index (χ1n) is 8.20. The average Bonchev–Trinajstić information content (AvgIpc) is 2.46. The molecular weight excluding hydrogens is 260 g/mol. The quantitative estimate of drug-likeness (QED) is 0.803. The lowest BCUT2D eigenvalue weighted by atomic mass is 9.53. The number of rotatable bonds is 1. The van der Waals surface area contributed by atoms with Gasteiger partial charge in [0.25, 0.3) is 5.56 Å². The van der Waals surface area contributed by atoms with Gasteiger partial charge in [0.15, 0.2) is 0 Å². The molecule has 4 aliphatic rings. The van der Waals surface area contributed by atoms with Crippen molar-refractivity contribution in [3.8, 4) is 0 Å². The third-order valence-electron chi connectivity index (χ3n) is 6.18. The van der Waals surface area contributed by atoms with E-state index in [9.17, 15) is 4.79 Å². The minimum atomic E-state index is 0.0723. The van der Waals surface area contributed by atoms with Gasteiger partial charge in [0.2, 0.25) is 0 Å². The van der Waals surface area contributed by atoms with Gasteiger partial charge in [-0.2, -0.15) is 0 Å². The molecule has 0 saturated heterocycles. The van der Waals surface area contributed by atoms with E-state index < -0.39 is 0 Å². The Kier molecular flexibility index (Phi) is 2.26. The summed E-state index contributed by atoms with van der Waals surface area (Å²) in [6.45, 7) is 0. The zero-order valence-corrected chi connectivity index (χ0v) is 12.2. The van der Waals surface area contributed by atoms with Crippen LogP contribution >= 0.6 is 0 Å². The molecule has 0 atom stereocenters. The van der Waals surface area contributed by atoms with Crippen molar-refractivity contribution in [3.05, 3.63) is 40.9 Å². The predicted molar refractivity (Wildman–Crippen MR) is 82.1 cm³/mol. The molecule has 0 amide bonds. The lowest BCUT2D eigenvalue weighted by Gasteiger charge is -2.57. The summed E-state index contributed by atoms with van der Waals surface area (Å²) in [4.78, 5) is 17.5. The Morgan fingerprint density at radius 2 is 1.62 bits per heavy atom. The summed E-state index contributed by atoms with van der Waals surface area (Å²) >= 11 is 0. The highest BCUT2D eigenvalue weighted by atomic mass is 16.1. The second kappa shape index (κ2) is 3.96. The predicted octanol–water partition coefficient (Wildman–Crippen LogP) is 3.32. The zero-order valence-electron chi connectivity index (χ0n) is 12.2. The molecule has 0 spiro atoms. The molecule has 0 aliphatic heterocycles.